The molecule has 0 bridgehead atoms. The molecule has 1 heterocycles. The Bertz CT molecular complexity index is 214. The van der Waals surface area contributed by atoms with Gasteiger partial charge < -0.3 is 15.4 Å². The minimum Gasteiger partial charge on any atom is -0.381 e. The Morgan fingerprint density at radius 3 is 2.71 bits per heavy atom. The lowest BCUT2D eigenvalue weighted by Crippen LogP contribution is -2.47. The molecule has 0 aromatic heterocycles. The highest BCUT2D eigenvalue weighted by Gasteiger charge is 2.31. The molecule has 2 aliphatic rings. The Morgan fingerprint density at radius 2 is 1.88 bits per heavy atom. The van der Waals surface area contributed by atoms with Crippen molar-refractivity contribution in [3.8, 4) is 0 Å². The Labute approximate surface area is 106 Å². The van der Waals surface area contributed by atoms with Gasteiger partial charge in [0, 0.05) is 25.3 Å². The zero-order chi connectivity index (χ0) is 12.1. The molecule has 0 spiro atoms. The molecule has 17 heavy (non-hydrogen) atoms. The molecule has 3 atom stereocenters. The molecule has 1 aliphatic heterocycles. The molecule has 1 saturated heterocycles. The van der Waals surface area contributed by atoms with E-state index in [0.29, 0.717) is 0 Å². The molecule has 3 unspecified atom stereocenters. The van der Waals surface area contributed by atoms with Gasteiger partial charge in [-0.1, -0.05) is 12.8 Å². The molecule has 1 saturated carbocycles. The van der Waals surface area contributed by atoms with Crippen molar-refractivity contribution in [2.75, 3.05) is 26.8 Å². The first kappa shape index (κ1) is 13.3. The maximum Gasteiger partial charge on any atom is 0.0480 e. The van der Waals surface area contributed by atoms with Crippen molar-refractivity contribution in [2.45, 2.75) is 57.0 Å². The van der Waals surface area contributed by atoms with Crippen LogP contribution < -0.4 is 5.73 Å². The van der Waals surface area contributed by atoms with E-state index in [1.54, 1.807) is 0 Å². The van der Waals surface area contributed by atoms with Gasteiger partial charge in [-0.25, -0.2) is 0 Å². The highest BCUT2D eigenvalue weighted by molar-refractivity contribution is 4.86. The zero-order valence-electron chi connectivity index (χ0n) is 11.2. The van der Waals surface area contributed by atoms with Crippen molar-refractivity contribution >= 4 is 0 Å². The summed E-state index contributed by atoms with van der Waals surface area (Å²) in [6, 6.07) is 1.44. The first-order valence-electron chi connectivity index (χ1n) is 7.32. The van der Waals surface area contributed by atoms with Crippen molar-refractivity contribution in [1.29, 1.82) is 0 Å². The van der Waals surface area contributed by atoms with E-state index in [4.69, 9.17) is 10.5 Å². The average Bonchev–Trinajstić information content (AvgIpc) is 2.66. The lowest BCUT2D eigenvalue weighted by atomic mass is 9.83. The van der Waals surface area contributed by atoms with Crippen LogP contribution in [-0.4, -0.2) is 43.8 Å². The molecule has 100 valence electrons. The normalized spacial score (nSPS) is 35.8. The van der Waals surface area contributed by atoms with Crippen molar-refractivity contribution in [2.24, 2.45) is 11.7 Å². The molecule has 2 N–H and O–H groups in total. The predicted octanol–water partition coefficient (Wildman–Crippen LogP) is 2.00. The van der Waals surface area contributed by atoms with Crippen LogP contribution in [0.5, 0.6) is 0 Å². The van der Waals surface area contributed by atoms with E-state index in [1.807, 2.05) is 0 Å². The Hall–Kier alpha value is -0.120. The number of ether oxygens (including phenoxy) is 1. The number of rotatable bonds is 3. The first-order chi connectivity index (χ1) is 8.33. The molecule has 0 aromatic rings. The molecule has 3 nitrogen and oxygen atoms in total. The Kier molecular flexibility index (Phi) is 5.26. The summed E-state index contributed by atoms with van der Waals surface area (Å²) in [7, 11) is 2.31. The second kappa shape index (κ2) is 6.72. The van der Waals surface area contributed by atoms with Gasteiger partial charge in [-0.2, -0.15) is 0 Å². The maximum atomic E-state index is 5.94. The van der Waals surface area contributed by atoms with Gasteiger partial charge in [-0.15, -0.1) is 0 Å². The van der Waals surface area contributed by atoms with Crippen LogP contribution in [0.4, 0.5) is 0 Å². The number of nitrogens with zero attached hydrogens (tertiary/aromatic N) is 1. The predicted molar refractivity (Wildman–Crippen MR) is 71.0 cm³/mol. The fourth-order valence-corrected chi connectivity index (χ4v) is 3.56. The molecule has 0 radical (unpaired) electrons. The molecule has 2 rings (SSSR count). The summed E-state index contributed by atoms with van der Waals surface area (Å²) in [4.78, 5) is 2.63. The third-order valence-corrected chi connectivity index (χ3v) is 4.69. The molecule has 1 aliphatic carbocycles. The van der Waals surface area contributed by atoms with Gasteiger partial charge in [0.1, 0.15) is 0 Å². The minimum absolute atomic E-state index is 0.717. The van der Waals surface area contributed by atoms with Gasteiger partial charge in [0.05, 0.1) is 0 Å². The van der Waals surface area contributed by atoms with Crippen LogP contribution in [0.15, 0.2) is 0 Å². The number of nitrogens with two attached hydrogens (primary N) is 1. The second-order valence-electron chi connectivity index (χ2n) is 5.71. The smallest absolute Gasteiger partial charge is 0.0480 e. The summed E-state index contributed by atoms with van der Waals surface area (Å²) >= 11 is 0. The summed E-state index contributed by atoms with van der Waals surface area (Å²) in [6.07, 6.45) is 9.14. The standard InChI is InChI=1S/C14H28N2O/c1-16(13-6-4-9-17-10-8-13)14-7-3-2-5-12(14)11-15/h12-14H,2-11,15H2,1H3. The van der Waals surface area contributed by atoms with Crippen LogP contribution in [0.3, 0.4) is 0 Å². The van der Waals surface area contributed by atoms with Crippen LogP contribution in [0.1, 0.15) is 44.9 Å². The monoisotopic (exact) mass is 240 g/mol. The van der Waals surface area contributed by atoms with E-state index >= 15 is 0 Å². The van der Waals surface area contributed by atoms with E-state index in [2.05, 4.69) is 11.9 Å². The highest BCUT2D eigenvalue weighted by Crippen LogP contribution is 2.30. The molecular weight excluding hydrogens is 212 g/mol. The van der Waals surface area contributed by atoms with Gasteiger partial charge in [0.25, 0.3) is 0 Å². The first-order valence-corrected chi connectivity index (χ1v) is 7.32. The van der Waals surface area contributed by atoms with E-state index < -0.39 is 0 Å². The Morgan fingerprint density at radius 1 is 1.06 bits per heavy atom. The topological polar surface area (TPSA) is 38.5 Å². The quantitative estimate of drug-likeness (QED) is 0.820. The number of hydrogen-bond acceptors (Lipinski definition) is 3. The summed E-state index contributed by atoms with van der Waals surface area (Å²) in [5.41, 5.74) is 5.94. The third kappa shape index (κ3) is 3.43. The van der Waals surface area contributed by atoms with Gasteiger partial charge in [-0.3, -0.25) is 0 Å². The molecule has 0 amide bonds. The van der Waals surface area contributed by atoms with Crippen LogP contribution in [0, 0.1) is 5.92 Å². The van der Waals surface area contributed by atoms with Crippen molar-refractivity contribution < 1.29 is 4.74 Å². The fraction of sp³-hybridized carbons (Fsp3) is 1.00. The van der Waals surface area contributed by atoms with Crippen LogP contribution in [0.25, 0.3) is 0 Å². The van der Waals surface area contributed by atoms with E-state index in [1.165, 1.54) is 44.9 Å². The van der Waals surface area contributed by atoms with Crippen LogP contribution in [0.2, 0.25) is 0 Å². The van der Waals surface area contributed by atoms with E-state index in [0.717, 1.165) is 37.8 Å². The highest BCUT2D eigenvalue weighted by atomic mass is 16.5. The summed E-state index contributed by atoms with van der Waals surface area (Å²) in [5, 5.41) is 0. The number of hydrogen-bond donors (Lipinski definition) is 1. The lowest BCUT2D eigenvalue weighted by Gasteiger charge is -2.41. The fourth-order valence-electron chi connectivity index (χ4n) is 3.56. The summed E-state index contributed by atoms with van der Waals surface area (Å²) in [5.74, 6) is 0.720. The molecule has 2 fully saturated rings. The van der Waals surface area contributed by atoms with Crippen LogP contribution >= 0.6 is 0 Å². The molecule has 3 heteroatoms. The second-order valence-corrected chi connectivity index (χ2v) is 5.71. The summed E-state index contributed by atoms with van der Waals surface area (Å²) < 4.78 is 5.56. The van der Waals surface area contributed by atoms with Gasteiger partial charge >= 0.3 is 0 Å². The Balaban J connectivity index is 1.93. The van der Waals surface area contributed by atoms with Crippen LogP contribution in [-0.2, 0) is 4.74 Å². The largest absolute Gasteiger partial charge is 0.381 e. The molecular formula is C14H28N2O. The van der Waals surface area contributed by atoms with Crippen molar-refractivity contribution in [3.05, 3.63) is 0 Å². The maximum absolute atomic E-state index is 5.94. The minimum atomic E-state index is 0.717. The average molecular weight is 240 g/mol. The van der Waals surface area contributed by atoms with E-state index in [9.17, 15) is 0 Å². The van der Waals surface area contributed by atoms with Gasteiger partial charge in [-0.05, 0) is 51.6 Å². The zero-order valence-corrected chi connectivity index (χ0v) is 11.2. The lowest BCUT2D eigenvalue weighted by molar-refractivity contribution is 0.0780. The van der Waals surface area contributed by atoms with Crippen molar-refractivity contribution in [3.63, 3.8) is 0 Å². The van der Waals surface area contributed by atoms with Crippen molar-refractivity contribution in [1.82, 2.24) is 4.90 Å². The van der Waals surface area contributed by atoms with Gasteiger partial charge in [0.2, 0.25) is 0 Å². The van der Waals surface area contributed by atoms with Gasteiger partial charge in [0.15, 0.2) is 0 Å². The summed E-state index contributed by atoms with van der Waals surface area (Å²) in [6.45, 7) is 2.75. The molecule has 0 aromatic carbocycles. The van der Waals surface area contributed by atoms with E-state index in [-0.39, 0.29) is 0 Å². The third-order valence-electron chi connectivity index (χ3n) is 4.69. The SMILES string of the molecule is CN(C1CCCOCC1)C1CCCCC1CN.